The van der Waals surface area contributed by atoms with Gasteiger partial charge in [-0.1, -0.05) is 11.6 Å². The zero-order valence-electron chi connectivity index (χ0n) is 16.1. The highest BCUT2D eigenvalue weighted by Crippen LogP contribution is 2.27. The van der Waals surface area contributed by atoms with E-state index >= 15 is 0 Å². The fraction of sp³-hybridized carbons (Fsp3) is 0.368. The minimum Gasteiger partial charge on any atom is -0.455 e. The number of nitriles is 1. The second kappa shape index (κ2) is 8.16. The molecule has 0 aliphatic carbocycles. The molecule has 2 unspecified atom stereocenters. The van der Waals surface area contributed by atoms with Gasteiger partial charge in [-0.05, 0) is 39.0 Å². The molecule has 1 amide bonds. The molecule has 1 aliphatic rings. The second-order valence-electron chi connectivity index (χ2n) is 6.87. The van der Waals surface area contributed by atoms with Crippen molar-refractivity contribution in [3.8, 4) is 6.07 Å². The summed E-state index contributed by atoms with van der Waals surface area (Å²) in [6.45, 7) is 5.53. The maximum absolute atomic E-state index is 13.1. The Balaban J connectivity index is 1.86. The molecule has 1 aliphatic heterocycles. The maximum atomic E-state index is 13.1. The van der Waals surface area contributed by atoms with Gasteiger partial charge >= 0.3 is 0 Å². The highest BCUT2D eigenvalue weighted by atomic mass is 35.5. The van der Waals surface area contributed by atoms with E-state index < -0.39 is 15.9 Å². The molecular formula is C19H20ClN3O5S. The van der Waals surface area contributed by atoms with Crippen LogP contribution in [0, 0.1) is 18.3 Å². The van der Waals surface area contributed by atoms with Crippen LogP contribution >= 0.6 is 11.6 Å². The van der Waals surface area contributed by atoms with Crippen LogP contribution in [0.2, 0.25) is 5.02 Å². The van der Waals surface area contributed by atoms with E-state index in [0.717, 1.165) is 0 Å². The molecular weight excluding hydrogens is 418 g/mol. The number of amides is 1. The first-order chi connectivity index (χ1) is 13.6. The number of furan rings is 1. The molecule has 2 heterocycles. The number of hydrogen-bond donors (Lipinski definition) is 1. The van der Waals surface area contributed by atoms with Crippen molar-refractivity contribution in [1.29, 1.82) is 5.26 Å². The Morgan fingerprint density at radius 1 is 1.28 bits per heavy atom. The standard InChI is InChI=1S/C19H20ClN3O5S/c1-11-9-23(10-12(2)27-11)29(25,26)18-7-17(28-13(18)3)19(24)22-16-5-4-15(20)6-14(16)8-21/h4-7,11-12H,9-10H2,1-3H3,(H,22,24). The van der Waals surface area contributed by atoms with Crippen LogP contribution in [0.4, 0.5) is 5.69 Å². The van der Waals surface area contributed by atoms with Crippen molar-refractivity contribution in [3.63, 3.8) is 0 Å². The molecule has 3 rings (SSSR count). The topological polar surface area (TPSA) is 113 Å². The number of anilines is 1. The summed E-state index contributed by atoms with van der Waals surface area (Å²) >= 11 is 5.86. The Bertz CT molecular complexity index is 1080. The van der Waals surface area contributed by atoms with E-state index in [1.165, 1.54) is 35.5 Å². The molecule has 1 N–H and O–H groups in total. The number of hydrogen-bond acceptors (Lipinski definition) is 6. The lowest BCUT2D eigenvalue weighted by atomic mass is 10.2. The van der Waals surface area contributed by atoms with Gasteiger partial charge in [0.2, 0.25) is 10.0 Å². The lowest BCUT2D eigenvalue weighted by Gasteiger charge is -2.34. The van der Waals surface area contributed by atoms with Crippen molar-refractivity contribution in [2.24, 2.45) is 0 Å². The summed E-state index contributed by atoms with van der Waals surface area (Å²) in [5.41, 5.74) is 0.425. The third kappa shape index (κ3) is 4.46. The van der Waals surface area contributed by atoms with Gasteiger partial charge in [-0.3, -0.25) is 4.79 Å². The quantitative estimate of drug-likeness (QED) is 0.786. The van der Waals surface area contributed by atoms with Crippen LogP contribution in [-0.2, 0) is 14.8 Å². The Morgan fingerprint density at radius 2 is 1.93 bits per heavy atom. The summed E-state index contributed by atoms with van der Waals surface area (Å²) in [4.78, 5) is 12.5. The smallest absolute Gasteiger partial charge is 0.291 e. The van der Waals surface area contributed by atoms with E-state index in [1.54, 1.807) is 13.8 Å². The van der Waals surface area contributed by atoms with E-state index in [2.05, 4.69) is 5.32 Å². The molecule has 0 bridgehead atoms. The number of carbonyl (C=O) groups is 1. The molecule has 0 spiro atoms. The van der Waals surface area contributed by atoms with E-state index in [9.17, 15) is 18.5 Å². The lowest BCUT2D eigenvalue weighted by Crippen LogP contribution is -2.48. The molecule has 1 saturated heterocycles. The first-order valence-electron chi connectivity index (χ1n) is 8.89. The van der Waals surface area contributed by atoms with Crippen LogP contribution < -0.4 is 5.32 Å². The molecule has 8 nitrogen and oxygen atoms in total. The van der Waals surface area contributed by atoms with Crippen molar-refractivity contribution >= 4 is 33.2 Å². The van der Waals surface area contributed by atoms with Gasteiger partial charge in [-0.15, -0.1) is 0 Å². The molecule has 1 aromatic carbocycles. The third-order valence-electron chi connectivity index (χ3n) is 4.45. The molecule has 10 heteroatoms. The number of halogens is 1. The highest BCUT2D eigenvalue weighted by molar-refractivity contribution is 7.89. The zero-order valence-corrected chi connectivity index (χ0v) is 17.7. The van der Waals surface area contributed by atoms with E-state index in [0.29, 0.717) is 5.02 Å². The summed E-state index contributed by atoms with van der Waals surface area (Å²) in [5, 5.41) is 12.1. The van der Waals surface area contributed by atoms with Crippen molar-refractivity contribution in [2.75, 3.05) is 18.4 Å². The minimum atomic E-state index is -3.85. The molecule has 1 fully saturated rings. The number of nitrogens with zero attached hydrogens (tertiary/aromatic N) is 2. The average Bonchev–Trinajstić information content (AvgIpc) is 3.05. The van der Waals surface area contributed by atoms with Crippen LogP contribution in [0.5, 0.6) is 0 Å². The molecule has 0 saturated carbocycles. The number of ether oxygens (including phenoxy) is 1. The summed E-state index contributed by atoms with van der Waals surface area (Å²) in [5.74, 6) is -0.732. The number of carbonyl (C=O) groups excluding carboxylic acids is 1. The first-order valence-corrected chi connectivity index (χ1v) is 10.7. The fourth-order valence-electron chi connectivity index (χ4n) is 3.20. The van der Waals surface area contributed by atoms with Gasteiger partial charge < -0.3 is 14.5 Å². The minimum absolute atomic E-state index is 0.0689. The van der Waals surface area contributed by atoms with Gasteiger partial charge in [0.05, 0.1) is 23.5 Å². The van der Waals surface area contributed by atoms with E-state index in [4.69, 9.17) is 20.8 Å². The zero-order chi connectivity index (χ0) is 21.3. The number of rotatable bonds is 4. The third-order valence-corrected chi connectivity index (χ3v) is 6.62. The molecule has 2 aromatic rings. The van der Waals surface area contributed by atoms with Crippen LogP contribution in [0.15, 0.2) is 33.6 Å². The van der Waals surface area contributed by atoms with Crippen LogP contribution in [-0.4, -0.2) is 43.9 Å². The van der Waals surface area contributed by atoms with Crippen molar-refractivity contribution < 1.29 is 22.4 Å². The summed E-state index contributed by atoms with van der Waals surface area (Å²) in [6, 6.07) is 7.58. The highest BCUT2D eigenvalue weighted by Gasteiger charge is 2.35. The summed E-state index contributed by atoms with van der Waals surface area (Å²) in [7, 11) is -3.85. The van der Waals surface area contributed by atoms with Crippen LogP contribution in [0.25, 0.3) is 0 Å². The largest absolute Gasteiger partial charge is 0.455 e. The fourth-order valence-corrected chi connectivity index (χ4v) is 5.12. The lowest BCUT2D eigenvalue weighted by molar-refractivity contribution is -0.0441. The number of aryl methyl sites for hydroxylation is 1. The molecule has 2 atom stereocenters. The van der Waals surface area contributed by atoms with Crippen LogP contribution in [0.3, 0.4) is 0 Å². The molecule has 29 heavy (non-hydrogen) atoms. The van der Waals surface area contributed by atoms with E-state index in [1.807, 2.05) is 6.07 Å². The van der Waals surface area contributed by atoms with Gasteiger partial charge in [0.25, 0.3) is 5.91 Å². The van der Waals surface area contributed by atoms with Gasteiger partial charge in [-0.2, -0.15) is 9.57 Å². The maximum Gasteiger partial charge on any atom is 0.291 e. The molecule has 1 aromatic heterocycles. The average molecular weight is 438 g/mol. The van der Waals surface area contributed by atoms with Gasteiger partial charge in [0.1, 0.15) is 16.7 Å². The van der Waals surface area contributed by atoms with Gasteiger partial charge in [-0.25, -0.2) is 8.42 Å². The number of morpholine rings is 1. The van der Waals surface area contributed by atoms with E-state index in [-0.39, 0.29) is 53.0 Å². The Morgan fingerprint density at radius 3 is 2.55 bits per heavy atom. The Kier molecular flexibility index (Phi) is 6.00. The normalized spacial score (nSPS) is 20.2. The van der Waals surface area contributed by atoms with Crippen molar-refractivity contribution in [1.82, 2.24) is 4.31 Å². The first kappa shape index (κ1) is 21.3. The van der Waals surface area contributed by atoms with Crippen molar-refractivity contribution in [2.45, 2.75) is 37.9 Å². The number of nitrogens with one attached hydrogen (secondary N) is 1. The van der Waals surface area contributed by atoms with Crippen LogP contribution in [0.1, 0.15) is 35.7 Å². The monoisotopic (exact) mass is 437 g/mol. The SMILES string of the molecule is Cc1oc(C(=O)Nc2ccc(Cl)cc2C#N)cc1S(=O)(=O)N1CC(C)OC(C)C1. The summed E-state index contributed by atoms with van der Waals surface area (Å²) in [6.07, 6.45) is -0.476. The summed E-state index contributed by atoms with van der Waals surface area (Å²) < 4.78 is 38.4. The predicted octanol–water partition coefficient (Wildman–Crippen LogP) is 3.16. The number of sulfonamides is 1. The van der Waals surface area contributed by atoms with Gasteiger partial charge in [0, 0.05) is 24.2 Å². The number of benzene rings is 1. The molecule has 154 valence electrons. The Hall–Kier alpha value is -2.38. The van der Waals surface area contributed by atoms with Gasteiger partial charge in [0.15, 0.2) is 5.76 Å². The Labute approximate surface area is 174 Å². The predicted molar refractivity (Wildman–Crippen MR) is 106 cm³/mol. The molecule has 0 radical (unpaired) electrons. The second-order valence-corrected chi connectivity index (χ2v) is 9.21. The van der Waals surface area contributed by atoms with Crippen molar-refractivity contribution in [3.05, 3.63) is 46.4 Å².